The fourth-order valence-electron chi connectivity index (χ4n) is 2.22. The summed E-state index contributed by atoms with van der Waals surface area (Å²) < 4.78 is 9.03. The van der Waals surface area contributed by atoms with E-state index >= 15 is 0 Å². The van der Waals surface area contributed by atoms with Crippen LogP contribution >= 0.6 is 11.5 Å². The number of ether oxygens (including phenoxy) is 1. The van der Waals surface area contributed by atoms with E-state index in [2.05, 4.69) is 19.8 Å². The molecule has 0 amide bonds. The lowest BCUT2D eigenvalue weighted by Crippen LogP contribution is -2.37. The third-order valence-corrected chi connectivity index (χ3v) is 3.84. The van der Waals surface area contributed by atoms with Crippen molar-refractivity contribution in [2.45, 2.75) is 32.4 Å². The molecule has 0 aromatic carbocycles. The zero-order valence-electron chi connectivity index (χ0n) is 10.7. The summed E-state index contributed by atoms with van der Waals surface area (Å²) >= 11 is 1.34. The predicted octanol–water partition coefficient (Wildman–Crippen LogP) is 1.11. The number of hydrogen-bond acceptors (Lipinski definition) is 7. The second-order valence-electron chi connectivity index (χ2n) is 4.18. The van der Waals surface area contributed by atoms with Crippen LogP contribution in [-0.2, 0) is 16.1 Å². The summed E-state index contributed by atoms with van der Waals surface area (Å²) in [5.41, 5.74) is 0.902. The Morgan fingerprint density at radius 2 is 2.50 bits per heavy atom. The Labute approximate surface area is 110 Å². The Balaban J connectivity index is 2.01. The summed E-state index contributed by atoms with van der Waals surface area (Å²) in [4.78, 5) is 13.9. The van der Waals surface area contributed by atoms with Gasteiger partial charge in [-0.2, -0.15) is 0 Å². The van der Waals surface area contributed by atoms with Crippen LogP contribution in [0.3, 0.4) is 0 Å². The van der Waals surface area contributed by atoms with E-state index in [4.69, 9.17) is 4.74 Å². The van der Waals surface area contributed by atoms with E-state index in [1.54, 1.807) is 0 Å². The highest BCUT2D eigenvalue weighted by Crippen LogP contribution is 2.24. The van der Waals surface area contributed by atoms with Crippen molar-refractivity contribution in [3.8, 4) is 0 Å². The third-order valence-electron chi connectivity index (χ3n) is 3.06. The minimum absolute atomic E-state index is 0.121. The van der Waals surface area contributed by atoms with Gasteiger partial charge in [-0.05, 0) is 26.3 Å². The van der Waals surface area contributed by atoms with Crippen molar-refractivity contribution in [3.63, 3.8) is 0 Å². The van der Waals surface area contributed by atoms with Crippen LogP contribution < -0.4 is 5.32 Å². The fourth-order valence-corrected chi connectivity index (χ4v) is 2.74. The van der Waals surface area contributed by atoms with E-state index in [0.29, 0.717) is 13.2 Å². The molecule has 0 saturated carbocycles. The zero-order valence-corrected chi connectivity index (χ0v) is 11.5. The van der Waals surface area contributed by atoms with Crippen LogP contribution in [0, 0.1) is 0 Å². The monoisotopic (exact) mass is 270 g/mol. The van der Waals surface area contributed by atoms with Crippen molar-refractivity contribution in [2.24, 2.45) is 0 Å². The Morgan fingerprint density at radius 1 is 1.67 bits per heavy atom. The lowest BCUT2D eigenvalue weighted by atomic mass is 10.2. The summed E-state index contributed by atoms with van der Waals surface area (Å²) in [5, 5.41) is 8.13. The third kappa shape index (κ3) is 2.78. The van der Waals surface area contributed by atoms with E-state index in [1.165, 1.54) is 11.5 Å². The van der Waals surface area contributed by atoms with Crippen LogP contribution in [-0.4, -0.2) is 46.7 Å². The van der Waals surface area contributed by atoms with Gasteiger partial charge in [-0.25, -0.2) is 0 Å². The lowest BCUT2D eigenvalue weighted by Gasteiger charge is -2.21. The van der Waals surface area contributed by atoms with E-state index in [-0.39, 0.29) is 12.0 Å². The number of nitrogens with one attached hydrogen (secondary N) is 1. The highest BCUT2D eigenvalue weighted by molar-refractivity contribution is 7.10. The molecule has 1 saturated heterocycles. The lowest BCUT2D eigenvalue weighted by molar-refractivity contribution is -0.148. The smallest absolute Gasteiger partial charge is 0.323 e. The second kappa shape index (κ2) is 6.10. The van der Waals surface area contributed by atoms with Crippen LogP contribution in [0.5, 0.6) is 0 Å². The Hall–Kier alpha value is -1.21. The van der Waals surface area contributed by atoms with Crippen molar-refractivity contribution < 1.29 is 9.53 Å². The highest BCUT2D eigenvalue weighted by Gasteiger charge is 2.32. The van der Waals surface area contributed by atoms with Crippen molar-refractivity contribution in [1.82, 2.24) is 14.5 Å². The molecule has 100 valence electrons. The first kappa shape index (κ1) is 13.2. The van der Waals surface area contributed by atoms with Gasteiger partial charge in [0.05, 0.1) is 6.61 Å². The summed E-state index contributed by atoms with van der Waals surface area (Å²) in [6.07, 6.45) is 1.89. The second-order valence-corrected chi connectivity index (χ2v) is 4.93. The molecule has 1 fully saturated rings. The van der Waals surface area contributed by atoms with Gasteiger partial charge in [0.1, 0.15) is 16.7 Å². The van der Waals surface area contributed by atoms with E-state index in [9.17, 15) is 4.79 Å². The first-order valence-corrected chi connectivity index (χ1v) is 6.93. The number of nitrogens with zero attached hydrogens (tertiary/aromatic N) is 3. The van der Waals surface area contributed by atoms with Gasteiger partial charge >= 0.3 is 5.97 Å². The van der Waals surface area contributed by atoms with Crippen molar-refractivity contribution in [1.29, 1.82) is 0 Å². The molecule has 0 radical (unpaired) electrons. The largest absolute Gasteiger partial charge is 0.465 e. The minimum atomic E-state index is -0.128. The number of likely N-dealkylation sites (tertiary alicyclic amines) is 1. The quantitative estimate of drug-likeness (QED) is 0.808. The molecule has 0 bridgehead atoms. The molecular formula is C11H18N4O2S. The molecule has 6 nitrogen and oxygen atoms in total. The van der Waals surface area contributed by atoms with Gasteiger partial charge in [0.15, 0.2) is 0 Å². The van der Waals surface area contributed by atoms with E-state index < -0.39 is 0 Å². The van der Waals surface area contributed by atoms with Gasteiger partial charge in [0, 0.05) is 25.1 Å². The summed E-state index contributed by atoms with van der Waals surface area (Å²) in [5.74, 6) is -0.121. The normalized spacial score (nSPS) is 20.0. The SMILES string of the molecule is CCOC(=O)C1CCCN1Cc1nnsc1NC. The van der Waals surface area contributed by atoms with Crippen LogP contribution in [0.15, 0.2) is 0 Å². The molecule has 7 heteroatoms. The fraction of sp³-hybridized carbons (Fsp3) is 0.727. The topological polar surface area (TPSA) is 67.3 Å². The van der Waals surface area contributed by atoms with Gasteiger partial charge in [-0.15, -0.1) is 5.10 Å². The zero-order chi connectivity index (χ0) is 13.0. The Morgan fingerprint density at radius 3 is 3.22 bits per heavy atom. The van der Waals surface area contributed by atoms with Crippen molar-refractivity contribution in [2.75, 3.05) is 25.5 Å². The summed E-state index contributed by atoms with van der Waals surface area (Å²) in [6.45, 7) is 3.82. The van der Waals surface area contributed by atoms with E-state index in [0.717, 1.165) is 30.1 Å². The molecule has 0 spiro atoms. The summed E-state index contributed by atoms with van der Waals surface area (Å²) in [6, 6.07) is -0.128. The molecule has 1 unspecified atom stereocenters. The molecule has 2 rings (SSSR count). The number of carbonyl (C=O) groups excluding carboxylic acids is 1. The van der Waals surface area contributed by atoms with Crippen LogP contribution in [0.2, 0.25) is 0 Å². The number of rotatable bonds is 5. The predicted molar refractivity (Wildman–Crippen MR) is 69.5 cm³/mol. The molecule has 1 aromatic rings. The van der Waals surface area contributed by atoms with Gasteiger partial charge in [-0.1, -0.05) is 4.49 Å². The van der Waals surface area contributed by atoms with E-state index in [1.807, 2.05) is 14.0 Å². The van der Waals surface area contributed by atoms with Gasteiger partial charge in [0.25, 0.3) is 0 Å². The number of aromatic nitrogens is 2. The van der Waals surface area contributed by atoms with Crippen LogP contribution in [0.25, 0.3) is 0 Å². The molecule has 1 N–H and O–H groups in total. The van der Waals surface area contributed by atoms with Gasteiger partial charge in [-0.3, -0.25) is 9.69 Å². The maximum atomic E-state index is 11.8. The molecule has 1 aromatic heterocycles. The standard InChI is InChI=1S/C11H18N4O2S/c1-3-17-11(16)9-5-4-6-15(9)7-8-10(12-2)18-14-13-8/h9,12H,3-7H2,1-2H3. The number of anilines is 1. The maximum absolute atomic E-state index is 11.8. The molecule has 1 aliphatic rings. The molecule has 1 atom stereocenters. The molecule has 2 heterocycles. The van der Waals surface area contributed by atoms with Gasteiger partial charge in [0.2, 0.25) is 0 Å². The first-order valence-electron chi connectivity index (χ1n) is 6.16. The average Bonchev–Trinajstić information content (AvgIpc) is 2.98. The van der Waals surface area contributed by atoms with Crippen molar-refractivity contribution >= 4 is 22.5 Å². The molecule has 1 aliphatic heterocycles. The van der Waals surface area contributed by atoms with Gasteiger partial charge < -0.3 is 10.1 Å². The Kier molecular flexibility index (Phi) is 4.48. The van der Waals surface area contributed by atoms with Crippen molar-refractivity contribution in [3.05, 3.63) is 5.69 Å². The molecule has 18 heavy (non-hydrogen) atoms. The molecular weight excluding hydrogens is 252 g/mol. The maximum Gasteiger partial charge on any atom is 0.323 e. The van der Waals surface area contributed by atoms with Crippen LogP contribution in [0.1, 0.15) is 25.5 Å². The molecule has 0 aliphatic carbocycles. The average molecular weight is 270 g/mol. The first-order chi connectivity index (χ1) is 8.76. The highest BCUT2D eigenvalue weighted by atomic mass is 32.1. The number of hydrogen-bond donors (Lipinski definition) is 1. The van der Waals surface area contributed by atoms with Crippen LogP contribution in [0.4, 0.5) is 5.00 Å². The Bertz CT molecular complexity index is 410. The summed E-state index contributed by atoms with van der Waals surface area (Å²) in [7, 11) is 1.85. The number of esters is 1. The minimum Gasteiger partial charge on any atom is -0.465 e. The number of carbonyl (C=O) groups is 1.